The second-order valence-electron chi connectivity index (χ2n) is 8.58. The van der Waals surface area contributed by atoms with Gasteiger partial charge in [0, 0.05) is 44.3 Å². The largest absolute Gasteiger partial charge is 0.493 e. The molecule has 3 heterocycles. The van der Waals surface area contributed by atoms with E-state index in [0.29, 0.717) is 23.8 Å². The van der Waals surface area contributed by atoms with Gasteiger partial charge in [0.25, 0.3) is 5.91 Å². The lowest BCUT2D eigenvalue weighted by atomic mass is 10.1. The molecule has 0 atom stereocenters. The van der Waals surface area contributed by atoms with Crippen LogP contribution in [0, 0.1) is 0 Å². The van der Waals surface area contributed by atoms with Gasteiger partial charge in [-0.25, -0.2) is 0 Å². The second kappa shape index (κ2) is 9.51. The average molecular weight is 456 g/mol. The summed E-state index contributed by atoms with van der Waals surface area (Å²) in [6.45, 7) is 2.06. The summed E-state index contributed by atoms with van der Waals surface area (Å²) < 4.78 is 15.7. The molecule has 1 fully saturated rings. The molecule has 34 heavy (non-hydrogen) atoms. The van der Waals surface area contributed by atoms with Crippen molar-refractivity contribution in [2.75, 3.05) is 20.2 Å². The summed E-state index contributed by atoms with van der Waals surface area (Å²) in [7, 11) is 3.58. The Morgan fingerprint density at radius 1 is 0.941 bits per heavy atom. The highest BCUT2D eigenvalue weighted by molar-refractivity contribution is 6.00. The van der Waals surface area contributed by atoms with Crippen LogP contribution in [0.15, 0.2) is 79.3 Å². The van der Waals surface area contributed by atoms with Gasteiger partial charge in [-0.15, -0.1) is 0 Å². The molecule has 4 aromatic rings. The third kappa shape index (κ3) is 4.19. The van der Waals surface area contributed by atoms with Gasteiger partial charge in [-0.3, -0.25) is 4.79 Å². The van der Waals surface area contributed by atoms with Gasteiger partial charge in [0.15, 0.2) is 11.5 Å². The fourth-order valence-corrected chi connectivity index (χ4v) is 4.58. The number of rotatable bonds is 7. The van der Waals surface area contributed by atoms with E-state index >= 15 is 0 Å². The minimum atomic E-state index is 0.0732. The molecule has 1 saturated heterocycles. The number of nitrogens with zero attached hydrogens (tertiary/aromatic N) is 3. The van der Waals surface area contributed by atoms with Gasteiger partial charge in [0.05, 0.1) is 12.8 Å². The zero-order chi connectivity index (χ0) is 23.5. The Labute approximate surface area is 200 Å². The molecule has 5 rings (SSSR count). The molecule has 0 N–H and O–H groups in total. The van der Waals surface area contributed by atoms with Crippen LogP contribution in [0.25, 0.3) is 16.8 Å². The van der Waals surface area contributed by atoms with Crippen molar-refractivity contribution < 1.29 is 14.3 Å². The van der Waals surface area contributed by atoms with Crippen LogP contribution in [0.5, 0.6) is 11.5 Å². The fourth-order valence-electron chi connectivity index (χ4n) is 4.58. The first-order valence-corrected chi connectivity index (χ1v) is 11.6. The number of carbonyl (C=O) groups is 1. The molecule has 0 spiro atoms. The number of ether oxygens (including phenoxy) is 2. The minimum Gasteiger partial charge on any atom is -0.493 e. The van der Waals surface area contributed by atoms with Crippen molar-refractivity contribution in [1.29, 1.82) is 0 Å². The van der Waals surface area contributed by atoms with E-state index in [1.54, 1.807) is 7.11 Å². The molecule has 0 unspecified atom stereocenters. The SMILES string of the molecule is COc1ccc(-c2cn(C)c(C(=O)N3CCCC3)c2-n2cccc2)cc1OCc1ccccc1. The molecule has 2 aromatic carbocycles. The Bertz CT molecular complexity index is 1270. The lowest BCUT2D eigenvalue weighted by Gasteiger charge is -2.18. The van der Waals surface area contributed by atoms with E-state index < -0.39 is 0 Å². The Kier molecular flexibility index (Phi) is 6.12. The highest BCUT2D eigenvalue weighted by Crippen LogP contribution is 2.38. The van der Waals surface area contributed by atoms with Crippen LogP contribution in [0.4, 0.5) is 0 Å². The van der Waals surface area contributed by atoms with Crippen molar-refractivity contribution in [3.63, 3.8) is 0 Å². The van der Waals surface area contributed by atoms with E-state index in [1.165, 1.54) is 0 Å². The summed E-state index contributed by atoms with van der Waals surface area (Å²) in [6.07, 6.45) is 8.11. The summed E-state index contributed by atoms with van der Waals surface area (Å²) in [4.78, 5) is 15.5. The molecule has 1 aliphatic heterocycles. The molecule has 0 radical (unpaired) electrons. The van der Waals surface area contributed by atoms with E-state index in [4.69, 9.17) is 9.47 Å². The maximum Gasteiger partial charge on any atom is 0.272 e. The topological polar surface area (TPSA) is 48.6 Å². The van der Waals surface area contributed by atoms with Gasteiger partial charge in [0.1, 0.15) is 12.3 Å². The predicted molar refractivity (Wildman–Crippen MR) is 133 cm³/mol. The molecule has 6 heteroatoms. The van der Waals surface area contributed by atoms with Crippen molar-refractivity contribution in [3.8, 4) is 28.3 Å². The van der Waals surface area contributed by atoms with Crippen molar-refractivity contribution in [2.45, 2.75) is 19.4 Å². The first-order valence-electron chi connectivity index (χ1n) is 11.6. The number of benzene rings is 2. The van der Waals surface area contributed by atoms with E-state index in [-0.39, 0.29) is 5.91 Å². The first-order chi connectivity index (χ1) is 16.7. The average Bonchev–Trinajstić information content (AvgIpc) is 3.64. The number of carbonyl (C=O) groups excluding carboxylic acids is 1. The molecule has 6 nitrogen and oxygen atoms in total. The van der Waals surface area contributed by atoms with E-state index in [0.717, 1.165) is 48.3 Å². The van der Waals surface area contributed by atoms with Gasteiger partial charge in [-0.1, -0.05) is 36.4 Å². The van der Waals surface area contributed by atoms with Crippen LogP contribution < -0.4 is 9.47 Å². The highest BCUT2D eigenvalue weighted by atomic mass is 16.5. The fraction of sp³-hybridized carbons (Fsp3) is 0.250. The number of hydrogen-bond acceptors (Lipinski definition) is 3. The summed E-state index contributed by atoms with van der Waals surface area (Å²) in [6, 6.07) is 19.9. The molecule has 1 amide bonds. The van der Waals surface area contributed by atoms with E-state index in [9.17, 15) is 4.79 Å². The normalized spacial score (nSPS) is 13.3. The van der Waals surface area contributed by atoms with E-state index in [2.05, 4.69) is 0 Å². The van der Waals surface area contributed by atoms with Crippen molar-refractivity contribution in [1.82, 2.24) is 14.0 Å². The summed E-state index contributed by atoms with van der Waals surface area (Å²) >= 11 is 0. The van der Waals surface area contributed by atoms with Crippen molar-refractivity contribution in [3.05, 3.63) is 90.5 Å². The third-order valence-electron chi connectivity index (χ3n) is 6.33. The quantitative estimate of drug-likeness (QED) is 0.380. The van der Waals surface area contributed by atoms with Gasteiger partial charge in [-0.2, -0.15) is 0 Å². The number of likely N-dealkylation sites (tertiary alicyclic amines) is 1. The van der Waals surface area contributed by atoms with Gasteiger partial charge in [0.2, 0.25) is 0 Å². The first kappa shape index (κ1) is 21.9. The van der Waals surface area contributed by atoms with Crippen molar-refractivity contribution in [2.24, 2.45) is 7.05 Å². The maximum atomic E-state index is 13.5. The van der Waals surface area contributed by atoms with Crippen molar-refractivity contribution >= 4 is 5.91 Å². The lowest BCUT2D eigenvalue weighted by Crippen LogP contribution is -2.30. The highest BCUT2D eigenvalue weighted by Gasteiger charge is 2.28. The predicted octanol–water partition coefficient (Wildman–Crippen LogP) is 5.31. The standard InChI is InChI=1S/C28H29N3O3/c1-29-19-23(26(30-14-6-7-15-30)27(29)28(32)31-16-8-9-17-31)22-12-13-24(33-2)25(18-22)34-20-21-10-4-3-5-11-21/h3-7,10-15,18-19H,8-9,16-17,20H2,1-2H3. The second-order valence-corrected chi connectivity index (χ2v) is 8.58. The van der Waals surface area contributed by atoms with E-state index in [1.807, 2.05) is 100 Å². The third-order valence-corrected chi connectivity index (χ3v) is 6.33. The van der Waals surface area contributed by atoms with Crippen LogP contribution in [-0.2, 0) is 13.7 Å². The molecule has 0 saturated carbocycles. The van der Waals surface area contributed by atoms with Crippen LogP contribution in [0.1, 0.15) is 28.9 Å². The van der Waals surface area contributed by atoms with Gasteiger partial charge in [-0.05, 0) is 48.2 Å². The Balaban J connectivity index is 1.56. The number of amides is 1. The van der Waals surface area contributed by atoms with Gasteiger partial charge >= 0.3 is 0 Å². The number of aryl methyl sites for hydroxylation is 1. The number of methoxy groups -OCH3 is 1. The minimum absolute atomic E-state index is 0.0732. The number of aromatic nitrogens is 2. The van der Waals surface area contributed by atoms with Crippen LogP contribution >= 0.6 is 0 Å². The maximum absolute atomic E-state index is 13.5. The molecular weight excluding hydrogens is 426 g/mol. The Hall–Kier alpha value is -3.93. The molecule has 0 aliphatic carbocycles. The Morgan fingerprint density at radius 3 is 2.38 bits per heavy atom. The van der Waals surface area contributed by atoms with Crippen LogP contribution in [0.2, 0.25) is 0 Å². The number of hydrogen-bond donors (Lipinski definition) is 0. The summed E-state index contributed by atoms with van der Waals surface area (Å²) in [5.41, 5.74) is 4.58. The smallest absolute Gasteiger partial charge is 0.272 e. The summed E-state index contributed by atoms with van der Waals surface area (Å²) in [5.74, 6) is 1.41. The van der Waals surface area contributed by atoms with Gasteiger partial charge < -0.3 is 23.5 Å². The Morgan fingerprint density at radius 2 is 1.68 bits per heavy atom. The molecule has 174 valence electrons. The molecule has 2 aromatic heterocycles. The molecular formula is C28H29N3O3. The lowest BCUT2D eigenvalue weighted by molar-refractivity contribution is 0.0783. The monoisotopic (exact) mass is 455 g/mol. The zero-order valence-corrected chi connectivity index (χ0v) is 19.6. The van der Waals surface area contributed by atoms with Crippen LogP contribution in [0.3, 0.4) is 0 Å². The zero-order valence-electron chi connectivity index (χ0n) is 19.6. The van der Waals surface area contributed by atoms with Crippen LogP contribution in [-0.4, -0.2) is 40.1 Å². The molecule has 0 bridgehead atoms. The summed E-state index contributed by atoms with van der Waals surface area (Å²) in [5, 5.41) is 0. The molecule has 1 aliphatic rings.